The van der Waals surface area contributed by atoms with E-state index in [2.05, 4.69) is 0 Å². The van der Waals surface area contributed by atoms with Gasteiger partial charge in [-0.2, -0.15) is 4.79 Å². The van der Waals surface area contributed by atoms with Crippen molar-refractivity contribution in [3.63, 3.8) is 0 Å². The number of hydrogen-bond donors (Lipinski definition) is 0. The van der Waals surface area contributed by atoms with Gasteiger partial charge in [-0.25, -0.2) is 0 Å². The van der Waals surface area contributed by atoms with Crippen LogP contribution in [0.25, 0.3) is 6.08 Å². The summed E-state index contributed by atoms with van der Waals surface area (Å²) in [7, 11) is 1.61. The van der Waals surface area contributed by atoms with Crippen molar-refractivity contribution in [3.05, 3.63) is 71.4 Å². The number of ether oxygens (including phenoxy) is 2. The number of carbonyl (C=O) groups is 2. The number of carbonyl (C=O) groups excluding carboxylic acids is 2. The molecule has 0 saturated heterocycles. The zero-order valence-electron chi connectivity index (χ0n) is 17.8. The Morgan fingerprint density at radius 3 is 2.53 bits per heavy atom. The molecule has 3 rings (SSSR count). The third kappa shape index (κ3) is 5.56. The van der Waals surface area contributed by atoms with E-state index in [4.69, 9.17) is 9.47 Å². The molecule has 2 amide bonds. The molecule has 0 unspecified atom stereocenters. The predicted octanol–water partition coefficient (Wildman–Crippen LogP) is 4.10. The second-order valence-electron chi connectivity index (χ2n) is 8.05. The maximum atomic E-state index is 13.0. The summed E-state index contributed by atoms with van der Waals surface area (Å²) in [4.78, 5) is 27.2. The molecule has 6 nitrogen and oxygen atoms in total. The lowest BCUT2D eigenvalue weighted by Crippen LogP contribution is -2.45. The minimum Gasteiger partial charge on any atom is -0.497 e. The molecule has 156 valence electrons. The van der Waals surface area contributed by atoms with Gasteiger partial charge in [0, 0.05) is 0 Å². The Morgan fingerprint density at radius 1 is 1.13 bits per heavy atom. The molecule has 30 heavy (non-hydrogen) atoms. The maximum Gasteiger partial charge on any atom is 0.597 e. The lowest BCUT2D eigenvalue weighted by Gasteiger charge is -2.26. The Hall–Kier alpha value is -3.41. The van der Waals surface area contributed by atoms with Gasteiger partial charge in [0.25, 0.3) is 5.91 Å². The molecule has 1 aliphatic rings. The van der Waals surface area contributed by atoms with Gasteiger partial charge in [0.2, 0.25) is 6.54 Å². The molecule has 0 bridgehead atoms. The first-order valence-electron chi connectivity index (χ1n) is 9.80. The van der Waals surface area contributed by atoms with Crippen molar-refractivity contribution < 1.29 is 23.6 Å². The average Bonchev–Trinajstić information content (AvgIpc) is 2.70. The van der Waals surface area contributed by atoms with E-state index in [1.807, 2.05) is 60.7 Å². The number of nitrogens with zero attached hydrogens (tertiary/aromatic N) is 2. The lowest BCUT2D eigenvalue weighted by atomic mass is 10.1. The quantitative estimate of drug-likeness (QED) is 0.716. The molecule has 1 aliphatic heterocycles. The van der Waals surface area contributed by atoms with Crippen molar-refractivity contribution in [2.75, 3.05) is 13.7 Å². The second kappa shape index (κ2) is 8.95. The molecule has 0 saturated carbocycles. The van der Waals surface area contributed by atoms with Crippen LogP contribution >= 0.6 is 0 Å². The Balaban J connectivity index is 2.00. The third-order valence-electron chi connectivity index (χ3n) is 4.43. The summed E-state index contributed by atoms with van der Waals surface area (Å²) in [5.41, 5.74) is 1.82. The molecule has 6 heteroatoms. The minimum absolute atomic E-state index is 0.0722. The van der Waals surface area contributed by atoms with E-state index >= 15 is 0 Å². The van der Waals surface area contributed by atoms with E-state index in [0.717, 1.165) is 11.1 Å². The van der Waals surface area contributed by atoms with E-state index in [0.29, 0.717) is 18.0 Å². The van der Waals surface area contributed by atoms with Gasteiger partial charge in [0.15, 0.2) is 6.21 Å². The summed E-state index contributed by atoms with van der Waals surface area (Å²) in [6.45, 7) is 5.73. The minimum atomic E-state index is -0.647. The highest BCUT2D eigenvalue weighted by molar-refractivity contribution is 5.95. The Bertz CT molecular complexity index is 988. The Morgan fingerprint density at radius 2 is 1.87 bits per heavy atom. The molecule has 0 N–H and O–H groups in total. The molecule has 0 fully saturated rings. The fraction of sp³-hybridized carbons (Fsp3) is 0.292. The van der Waals surface area contributed by atoms with Crippen LogP contribution in [0.5, 0.6) is 5.75 Å². The highest BCUT2D eigenvalue weighted by Crippen LogP contribution is 2.20. The summed E-state index contributed by atoms with van der Waals surface area (Å²) in [6, 6.07) is 17.3. The first kappa shape index (κ1) is 21.3. The van der Waals surface area contributed by atoms with Crippen LogP contribution in [0.4, 0.5) is 4.79 Å². The average molecular weight is 407 g/mol. The molecular weight excluding hydrogens is 380 g/mol. The van der Waals surface area contributed by atoms with Crippen molar-refractivity contribution in [2.45, 2.75) is 32.9 Å². The molecular formula is C24H27N2O4+. The fourth-order valence-electron chi connectivity index (χ4n) is 3.05. The van der Waals surface area contributed by atoms with Crippen molar-refractivity contribution in [3.8, 4) is 5.75 Å². The molecule has 2 aromatic carbocycles. The smallest absolute Gasteiger partial charge is 0.497 e. The SMILES string of the molecule is COc1cccc(/C=C2/C=[N+](C(=O)OC(C)(C)C)CC(=O)N2Cc2ccccc2)c1. The van der Waals surface area contributed by atoms with Gasteiger partial charge in [-0.15, -0.1) is 4.58 Å². The molecule has 2 aromatic rings. The van der Waals surface area contributed by atoms with Crippen LogP contribution in [0.15, 0.2) is 60.3 Å². The van der Waals surface area contributed by atoms with E-state index in [9.17, 15) is 9.59 Å². The van der Waals surface area contributed by atoms with Gasteiger partial charge in [-0.3, -0.25) is 9.69 Å². The van der Waals surface area contributed by atoms with Crippen molar-refractivity contribution in [1.82, 2.24) is 4.90 Å². The van der Waals surface area contributed by atoms with Crippen molar-refractivity contribution in [2.24, 2.45) is 0 Å². The van der Waals surface area contributed by atoms with Gasteiger partial charge in [0.05, 0.1) is 13.7 Å². The maximum absolute atomic E-state index is 13.0. The largest absolute Gasteiger partial charge is 0.597 e. The molecule has 0 spiro atoms. The van der Waals surface area contributed by atoms with Crippen LogP contribution in [0, 0.1) is 0 Å². The standard InChI is InChI=1S/C24H27N2O4/c1-24(2,3)30-23(28)25-16-20(13-19-11-8-12-21(14-19)29-4)26(22(27)17-25)15-18-9-6-5-7-10-18/h5-14,16H,15,17H2,1-4H3/q+1/b20-13-. The topological polar surface area (TPSA) is 58.9 Å². The molecule has 0 radical (unpaired) electrons. The lowest BCUT2D eigenvalue weighted by molar-refractivity contribution is -0.439. The molecule has 0 atom stereocenters. The highest BCUT2D eigenvalue weighted by atomic mass is 16.6. The summed E-state index contributed by atoms with van der Waals surface area (Å²) in [6.07, 6.45) is 2.98. The first-order valence-corrected chi connectivity index (χ1v) is 9.80. The van der Waals surface area contributed by atoms with Gasteiger partial charge < -0.3 is 9.47 Å². The third-order valence-corrected chi connectivity index (χ3v) is 4.43. The van der Waals surface area contributed by atoms with E-state index in [1.165, 1.54) is 4.58 Å². The number of amides is 2. The van der Waals surface area contributed by atoms with E-state index < -0.39 is 11.7 Å². The fourth-order valence-corrected chi connectivity index (χ4v) is 3.05. The summed E-state index contributed by atoms with van der Waals surface area (Å²) < 4.78 is 12.1. The number of hydrogen-bond acceptors (Lipinski definition) is 4. The monoisotopic (exact) mass is 407 g/mol. The van der Waals surface area contributed by atoms with Gasteiger partial charge in [-0.05, 0) is 50.1 Å². The van der Waals surface area contributed by atoms with Gasteiger partial charge in [0.1, 0.15) is 17.0 Å². The zero-order chi connectivity index (χ0) is 21.7. The Labute approximate surface area is 177 Å². The normalized spacial score (nSPS) is 15.7. The van der Waals surface area contributed by atoms with E-state index in [1.54, 1.807) is 39.0 Å². The van der Waals surface area contributed by atoms with Crippen molar-refractivity contribution >= 4 is 24.3 Å². The van der Waals surface area contributed by atoms with Crippen LogP contribution in [-0.2, 0) is 16.1 Å². The van der Waals surface area contributed by atoms with Crippen LogP contribution in [0.2, 0.25) is 0 Å². The Kier molecular flexibility index (Phi) is 6.35. The van der Waals surface area contributed by atoms with Crippen LogP contribution in [-0.4, -0.2) is 46.9 Å². The highest BCUT2D eigenvalue weighted by Gasteiger charge is 2.36. The number of rotatable bonds is 4. The molecule has 0 aliphatic carbocycles. The summed E-state index contributed by atoms with van der Waals surface area (Å²) in [5.74, 6) is 0.534. The number of methoxy groups -OCH3 is 1. The zero-order valence-corrected chi connectivity index (χ0v) is 17.8. The summed E-state index contributed by atoms with van der Waals surface area (Å²) >= 11 is 0. The van der Waals surface area contributed by atoms with E-state index in [-0.39, 0.29) is 12.5 Å². The second-order valence-corrected chi connectivity index (χ2v) is 8.05. The van der Waals surface area contributed by atoms with Crippen molar-refractivity contribution in [1.29, 1.82) is 0 Å². The van der Waals surface area contributed by atoms with Gasteiger partial charge >= 0.3 is 6.09 Å². The number of allylic oxidation sites excluding steroid dienone is 1. The predicted molar refractivity (Wildman–Crippen MR) is 115 cm³/mol. The first-order chi connectivity index (χ1) is 14.2. The van der Waals surface area contributed by atoms with Crippen LogP contribution in [0.1, 0.15) is 31.9 Å². The molecule has 1 heterocycles. The van der Waals surface area contributed by atoms with Gasteiger partial charge in [-0.1, -0.05) is 42.5 Å². The summed E-state index contributed by atoms with van der Waals surface area (Å²) in [5, 5.41) is 0. The number of benzene rings is 2. The molecule has 0 aromatic heterocycles. The van der Waals surface area contributed by atoms with Crippen LogP contribution in [0.3, 0.4) is 0 Å². The van der Waals surface area contributed by atoms with Crippen LogP contribution < -0.4 is 4.74 Å².